The predicted molar refractivity (Wildman–Crippen MR) is 46.5 cm³/mol. The van der Waals surface area contributed by atoms with Crippen molar-refractivity contribution in [3.63, 3.8) is 0 Å². The Kier molecular flexibility index (Phi) is 1.64. The molecule has 0 radical (unpaired) electrons. The van der Waals surface area contributed by atoms with E-state index in [-0.39, 0.29) is 0 Å². The van der Waals surface area contributed by atoms with E-state index in [1.165, 1.54) is 7.11 Å². The highest BCUT2D eigenvalue weighted by atomic mass is 16.5. The molecule has 13 heavy (non-hydrogen) atoms. The first-order chi connectivity index (χ1) is 6.36. The van der Waals surface area contributed by atoms with Crippen LogP contribution in [0.5, 0.6) is 6.01 Å². The molecule has 0 aliphatic carbocycles. The van der Waals surface area contributed by atoms with Gasteiger partial charge in [-0.05, 0) is 12.1 Å². The number of fused-ring (bicyclic) bond motifs is 1. The van der Waals surface area contributed by atoms with Gasteiger partial charge in [-0.2, -0.15) is 10.2 Å². The lowest BCUT2D eigenvalue weighted by Gasteiger charge is -1.96. The fraction of sp³-hybridized carbons (Fsp3) is 0.111. The van der Waals surface area contributed by atoms with Crippen molar-refractivity contribution in [2.75, 3.05) is 7.11 Å². The molecule has 0 saturated carbocycles. The summed E-state index contributed by atoms with van der Waals surface area (Å²) >= 11 is 0. The van der Waals surface area contributed by atoms with Crippen molar-refractivity contribution >= 4 is 5.52 Å². The Balaban J connectivity index is 2.84. The number of hydrogen-bond donors (Lipinski definition) is 0. The van der Waals surface area contributed by atoms with Crippen LogP contribution in [-0.4, -0.2) is 16.5 Å². The van der Waals surface area contributed by atoms with E-state index in [4.69, 9.17) is 10.00 Å². The van der Waals surface area contributed by atoms with E-state index in [0.29, 0.717) is 11.7 Å². The van der Waals surface area contributed by atoms with Gasteiger partial charge in [0, 0.05) is 6.20 Å². The average Bonchev–Trinajstić information content (AvgIpc) is 2.56. The summed E-state index contributed by atoms with van der Waals surface area (Å²) in [6.45, 7) is 0. The van der Waals surface area contributed by atoms with Crippen molar-refractivity contribution in [2.24, 2.45) is 0 Å². The fourth-order valence-corrected chi connectivity index (χ4v) is 1.24. The summed E-state index contributed by atoms with van der Waals surface area (Å²) in [6, 6.07) is 8.00. The SMILES string of the molecule is COc1nc(C#N)c2ccccn12. The van der Waals surface area contributed by atoms with Crippen LogP contribution >= 0.6 is 0 Å². The fourth-order valence-electron chi connectivity index (χ4n) is 1.24. The molecule has 4 heteroatoms. The van der Waals surface area contributed by atoms with E-state index in [2.05, 4.69) is 4.98 Å². The monoisotopic (exact) mass is 173 g/mol. The van der Waals surface area contributed by atoms with Gasteiger partial charge in [0.25, 0.3) is 0 Å². The number of rotatable bonds is 1. The highest BCUT2D eigenvalue weighted by Crippen LogP contribution is 2.16. The summed E-state index contributed by atoms with van der Waals surface area (Å²) in [7, 11) is 1.53. The van der Waals surface area contributed by atoms with Crippen molar-refractivity contribution in [1.29, 1.82) is 5.26 Å². The van der Waals surface area contributed by atoms with Crippen molar-refractivity contribution in [2.45, 2.75) is 0 Å². The van der Waals surface area contributed by atoms with Gasteiger partial charge in [-0.3, -0.25) is 4.40 Å². The molecule has 0 aliphatic heterocycles. The summed E-state index contributed by atoms with van der Waals surface area (Å²) < 4.78 is 6.75. The molecule has 0 unspecified atom stereocenters. The highest BCUT2D eigenvalue weighted by molar-refractivity contribution is 5.59. The molecule has 64 valence electrons. The Labute approximate surface area is 75.0 Å². The third-order valence-electron chi connectivity index (χ3n) is 1.80. The molecule has 2 rings (SSSR count). The summed E-state index contributed by atoms with van der Waals surface area (Å²) in [4.78, 5) is 4.01. The molecule has 0 fully saturated rings. The number of aromatic nitrogens is 2. The summed E-state index contributed by atoms with van der Waals surface area (Å²) in [5.74, 6) is 0. The van der Waals surface area contributed by atoms with E-state index in [1.807, 2.05) is 30.5 Å². The zero-order valence-electron chi connectivity index (χ0n) is 7.06. The first-order valence-corrected chi connectivity index (χ1v) is 3.78. The van der Waals surface area contributed by atoms with Gasteiger partial charge in [0.2, 0.25) is 0 Å². The molecule has 2 heterocycles. The van der Waals surface area contributed by atoms with Crippen LogP contribution in [0.1, 0.15) is 5.69 Å². The van der Waals surface area contributed by atoms with Crippen molar-refractivity contribution < 1.29 is 4.74 Å². The molecule has 0 atom stereocenters. The van der Waals surface area contributed by atoms with Gasteiger partial charge in [-0.25, -0.2) is 0 Å². The van der Waals surface area contributed by atoms with Crippen molar-refractivity contribution in [3.8, 4) is 12.1 Å². The summed E-state index contributed by atoms with van der Waals surface area (Å²) in [6.07, 6.45) is 1.81. The molecule has 0 aromatic carbocycles. The lowest BCUT2D eigenvalue weighted by Crippen LogP contribution is -1.89. The largest absolute Gasteiger partial charge is 0.468 e. The first kappa shape index (κ1) is 7.62. The zero-order chi connectivity index (χ0) is 9.26. The van der Waals surface area contributed by atoms with E-state index in [0.717, 1.165) is 5.52 Å². The maximum Gasteiger partial charge on any atom is 0.302 e. The molecular formula is C9H7N3O. The van der Waals surface area contributed by atoms with E-state index >= 15 is 0 Å². The van der Waals surface area contributed by atoms with Crippen molar-refractivity contribution in [1.82, 2.24) is 9.38 Å². The Morgan fingerprint density at radius 2 is 2.38 bits per heavy atom. The molecule has 0 amide bonds. The number of pyridine rings is 1. The minimum absolute atomic E-state index is 0.387. The Bertz CT molecular complexity index is 481. The molecular weight excluding hydrogens is 166 g/mol. The van der Waals surface area contributed by atoms with E-state index in [9.17, 15) is 0 Å². The zero-order valence-corrected chi connectivity index (χ0v) is 7.06. The Hall–Kier alpha value is -2.02. The standard InChI is InChI=1S/C9H7N3O/c1-13-9-11-7(6-10)8-4-2-3-5-12(8)9/h2-5H,1H3. The molecule has 0 spiro atoms. The normalized spacial score (nSPS) is 9.85. The second-order valence-corrected chi connectivity index (χ2v) is 2.51. The minimum atomic E-state index is 0.387. The quantitative estimate of drug-likeness (QED) is 0.651. The Morgan fingerprint density at radius 1 is 1.54 bits per heavy atom. The molecule has 0 N–H and O–H groups in total. The molecule has 0 saturated heterocycles. The van der Waals surface area contributed by atoms with Gasteiger partial charge in [0.15, 0.2) is 5.69 Å². The second kappa shape index (κ2) is 2.79. The smallest absolute Gasteiger partial charge is 0.302 e. The van der Waals surface area contributed by atoms with Crippen LogP contribution in [0.4, 0.5) is 0 Å². The van der Waals surface area contributed by atoms with Gasteiger partial charge in [-0.15, -0.1) is 0 Å². The average molecular weight is 173 g/mol. The minimum Gasteiger partial charge on any atom is -0.468 e. The number of nitriles is 1. The van der Waals surface area contributed by atoms with Gasteiger partial charge >= 0.3 is 6.01 Å². The van der Waals surface area contributed by atoms with Crippen LogP contribution in [0.25, 0.3) is 5.52 Å². The number of hydrogen-bond acceptors (Lipinski definition) is 3. The van der Waals surface area contributed by atoms with Gasteiger partial charge < -0.3 is 4.74 Å². The van der Waals surface area contributed by atoms with E-state index in [1.54, 1.807) is 4.40 Å². The van der Waals surface area contributed by atoms with Crippen LogP contribution in [0.2, 0.25) is 0 Å². The molecule has 2 aromatic rings. The Morgan fingerprint density at radius 3 is 3.08 bits per heavy atom. The van der Waals surface area contributed by atoms with E-state index < -0.39 is 0 Å². The van der Waals surface area contributed by atoms with Crippen LogP contribution in [0.15, 0.2) is 24.4 Å². The highest BCUT2D eigenvalue weighted by Gasteiger charge is 2.08. The van der Waals surface area contributed by atoms with Gasteiger partial charge in [0.05, 0.1) is 12.6 Å². The maximum absolute atomic E-state index is 8.76. The third-order valence-corrected chi connectivity index (χ3v) is 1.80. The second-order valence-electron chi connectivity index (χ2n) is 2.51. The molecule has 4 nitrogen and oxygen atoms in total. The van der Waals surface area contributed by atoms with Crippen LogP contribution in [0, 0.1) is 11.3 Å². The molecule has 0 bridgehead atoms. The van der Waals surface area contributed by atoms with Crippen LogP contribution in [-0.2, 0) is 0 Å². The lowest BCUT2D eigenvalue weighted by molar-refractivity contribution is 0.378. The molecule has 0 aliphatic rings. The van der Waals surface area contributed by atoms with Crippen molar-refractivity contribution in [3.05, 3.63) is 30.1 Å². The topological polar surface area (TPSA) is 50.3 Å². The summed E-state index contributed by atoms with van der Waals surface area (Å²) in [5, 5.41) is 8.76. The van der Waals surface area contributed by atoms with Crippen LogP contribution < -0.4 is 4.74 Å². The molecule has 2 aromatic heterocycles. The number of ether oxygens (including phenoxy) is 1. The number of nitrogens with zero attached hydrogens (tertiary/aromatic N) is 3. The first-order valence-electron chi connectivity index (χ1n) is 3.78. The van der Waals surface area contributed by atoms with Crippen LogP contribution in [0.3, 0.4) is 0 Å². The maximum atomic E-state index is 8.76. The third kappa shape index (κ3) is 1.02. The summed E-state index contributed by atoms with van der Waals surface area (Å²) in [5.41, 5.74) is 1.15. The lowest BCUT2D eigenvalue weighted by atomic mass is 10.3. The predicted octanol–water partition coefficient (Wildman–Crippen LogP) is 1.21. The van der Waals surface area contributed by atoms with Gasteiger partial charge in [-0.1, -0.05) is 6.07 Å². The van der Waals surface area contributed by atoms with Gasteiger partial charge in [0.1, 0.15) is 6.07 Å². The number of imidazole rings is 1. The number of methoxy groups -OCH3 is 1.